The second kappa shape index (κ2) is 6.16. The minimum Gasteiger partial charge on any atom is -0.456 e. The van der Waals surface area contributed by atoms with Gasteiger partial charge in [0.25, 0.3) is 0 Å². The maximum absolute atomic E-state index is 12.2. The fourth-order valence-corrected chi connectivity index (χ4v) is 3.23. The summed E-state index contributed by atoms with van der Waals surface area (Å²) in [5.41, 5.74) is 1.41. The maximum atomic E-state index is 12.2. The zero-order chi connectivity index (χ0) is 15.6. The van der Waals surface area contributed by atoms with E-state index >= 15 is 0 Å². The third-order valence-corrected chi connectivity index (χ3v) is 4.84. The zero-order valence-electron chi connectivity index (χ0n) is 13.1. The molecule has 0 spiro atoms. The summed E-state index contributed by atoms with van der Waals surface area (Å²) in [6.45, 7) is 3.09. The Bertz CT molecular complexity index is 692. The Hall–Kier alpha value is -2.14. The molecule has 1 aliphatic heterocycles. The van der Waals surface area contributed by atoms with Crippen molar-refractivity contribution in [2.24, 2.45) is 0 Å². The lowest BCUT2D eigenvalue weighted by Crippen LogP contribution is -2.44. The number of esters is 1. The standard InChI is InChI=1S/C18H21N3O2/c22-18(23-13-14-5-2-1-3-6-14)16-11-21-10-9-20(12-17(21)19-16)15-7-4-8-15/h1-3,5-6,11,15H,4,7-10,12-13H2. The van der Waals surface area contributed by atoms with Gasteiger partial charge >= 0.3 is 5.97 Å². The van der Waals surface area contributed by atoms with Crippen LogP contribution in [0.15, 0.2) is 36.5 Å². The van der Waals surface area contributed by atoms with Gasteiger partial charge in [-0.05, 0) is 18.4 Å². The molecular weight excluding hydrogens is 290 g/mol. The van der Waals surface area contributed by atoms with E-state index in [0.29, 0.717) is 11.7 Å². The van der Waals surface area contributed by atoms with Gasteiger partial charge in [-0.15, -0.1) is 0 Å². The van der Waals surface area contributed by atoms with E-state index in [1.54, 1.807) is 0 Å². The SMILES string of the molecule is O=C(OCc1ccccc1)c1cn2c(n1)CN(C1CCC1)CC2. The molecule has 0 radical (unpaired) electrons. The molecule has 2 aliphatic rings. The van der Waals surface area contributed by atoms with E-state index in [9.17, 15) is 4.79 Å². The Morgan fingerprint density at radius 1 is 1.22 bits per heavy atom. The van der Waals surface area contributed by atoms with Crippen LogP contribution >= 0.6 is 0 Å². The van der Waals surface area contributed by atoms with Crippen LogP contribution in [0.4, 0.5) is 0 Å². The molecule has 120 valence electrons. The van der Waals surface area contributed by atoms with Crippen molar-refractivity contribution in [1.29, 1.82) is 0 Å². The summed E-state index contributed by atoms with van der Waals surface area (Å²) < 4.78 is 7.46. The predicted molar refractivity (Wildman–Crippen MR) is 85.8 cm³/mol. The van der Waals surface area contributed by atoms with Crippen molar-refractivity contribution in [3.05, 3.63) is 53.6 Å². The molecule has 1 aliphatic carbocycles. The first-order valence-electron chi connectivity index (χ1n) is 8.31. The van der Waals surface area contributed by atoms with Gasteiger partial charge in [-0.3, -0.25) is 4.90 Å². The highest BCUT2D eigenvalue weighted by molar-refractivity contribution is 5.87. The molecule has 2 heterocycles. The molecule has 0 atom stereocenters. The lowest BCUT2D eigenvalue weighted by molar-refractivity contribution is 0.0466. The second-order valence-electron chi connectivity index (χ2n) is 6.35. The lowest BCUT2D eigenvalue weighted by Gasteiger charge is -2.39. The van der Waals surface area contributed by atoms with Crippen LogP contribution in [-0.4, -0.2) is 33.0 Å². The quantitative estimate of drug-likeness (QED) is 0.814. The van der Waals surface area contributed by atoms with E-state index in [1.807, 2.05) is 36.5 Å². The van der Waals surface area contributed by atoms with Crippen LogP contribution < -0.4 is 0 Å². The highest BCUT2D eigenvalue weighted by Crippen LogP contribution is 2.27. The fourth-order valence-electron chi connectivity index (χ4n) is 3.23. The molecule has 5 nitrogen and oxygen atoms in total. The number of imidazole rings is 1. The number of fused-ring (bicyclic) bond motifs is 1. The van der Waals surface area contributed by atoms with E-state index in [4.69, 9.17) is 4.74 Å². The molecule has 0 bridgehead atoms. The first-order valence-corrected chi connectivity index (χ1v) is 8.31. The average molecular weight is 311 g/mol. The Labute approximate surface area is 135 Å². The summed E-state index contributed by atoms with van der Waals surface area (Å²) >= 11 is 0. The van der Waals surface area contributed by atoms with E-state index in [1.165, 1.54) is 19.3 Å². The molecule has 0 N–H and O–H groups in total. The van der Waals surface area contributed by atoms with Crippen LogP contribution in [0.2, 0.25) is 0 Å². The number of ether oxygens (including phenoxy) is 1. The Morgan fingerprint density at radius 3 is 2.78 bits per heavy atom. The van der Waals surface area contributed by atoms with E-state index in [0.717, 1.165) is 31.0 Å². The van der Waals surface area contributed by atoms with Gasteiger partial charge in [0.2, 0.25) is 0 Å². The molecular formula is C18H21N3O2. The number of benzene rings is 1. The summed E-state index contributed by atoms with van der Waals surface area (Å²) in [6, 6.07) is 10.4. The van der Waals surface area contributed by atoms with Gasteiger partial charge in [0.05, 0.1) is 6.54 Å². The summed E-state index contributed by atoms with van der Waals surface area (Å²) in [4.78, 5) is 19.2. The molecule has 0 amide bonds. The first kappa shape index (κ1) is 14.5. The van der Waals surface area contributed by atoms with Crippen molar-refractivity contribution < 1.29 is 9.53 Å². The van der Waals surface area contributed by atoms with Crippen molar-refractivity contribution >= 4 is 5.97 Å². The molecule has 1 aromatic heterocycles. The number of nitrogens with zero attached hydrogens (tertiary/aromatic N) is 3. The Morgan fingerprint density at radius 2 is 2.04 bits per heavy atom. The van der Waals surface area contributed by atoms with Crippen molar-refractivity contribution in [3.8, 4) is 0 Å². The van der Waals surface area contributed by atoms with Crippen molar-refractivity contribution in [1.82, 2.24) is 14.5 Å². The molecule has 5 heteroatoms. The highest BCUT2D eigenvalue weighted by atomic mass is 16.5. The van der Waals surface area contributed by atoms with Crippen LogP contribution in [0, 0.1) is 0 Å². The number of hydrogen-bond acceptors (Lipinski definition) is 4. The summed E-state index contributed by atoms with van der Waals surface area (Å²) in [7, 11) is 0. The first-order chi connectivity index (χ1) is 11.3. The van der Waals surface area contributed by atoms with E-state index < -0.39 is 0 Å². The molecule has 4 rings (SSSR count). The number of hydrogen-bond donors (Lipinski definition) is 0. The average Bonchev–Trinajstić information content (AvgIpc) is 2.95. The van der Waals surface area contributed by atoms with Crippen molar-refractivity contribution in [2.75, 3.05) is 6.54 Å². The van der Waals surface area contributed by atoms with Crippen LogP contribution in [0.5, 0.6) is 0 Å². The van der Waals surface area contributed by atoms with Crippen molar-refractivity contribution in [2.45, 2.75) is 45.0 Å². The molecule has 1 saturated carbocycles. The van der Waals surface area contributed by atoms with Crippen LogP contribution in [0.1, 0.15) is 41.1 Å². The summed E-state index contributed by atoms with van der Waals surface area (Å²) in [5, 5.41) is 0. The molecule has 23 heavy (non-hydrogen) atoms. The van der Waals surface area contributed by atoms with Gasteiger partial charge < -0.3 is 9.30 Å². The molecule has 0 saturated heterocycles. The highest BCUT2D eigenvalue weighted by Gasteiger charge is 2.29. The van der Waals surface area contributed by atoms with Gasteiger partial charge in [0.15, 0.2) is 5.69 Å². The minimum atomic E-state index is -0.342. The second-order valence-corrected chi connectivity index (χ2v) is 6.35. The number of aromatic nitrogens is 2. The number of rotatable bonds is 4. The third kappa shape index (κ3) is 3.01. The van der Waals surface area contributed by atoms with Gasteiger partial charge in [-0.2, -0.15) is 0 Å². The predicted octanol–water partition coefficient (Wildman–Crippen LogP) is 2.61. The summed E-state index contributed by atoms with van der Waals surface area (Å²) in [5.74, 6) is 0.640. The smallest absolute Gasteiger partial charge is 0.358 e. The van der Waals surface area contributed by atoms with Crippen LogP contribution in [0.3, 0.4) is 0 Å². The summed E-state index contributed by atoms with van der Waals surface area (Å²) in [6.07, 6.45) is 5.77. The van der Waals surface area contributed by atoms with Gasteiger partial charge in [0, 0.05) is 25.3 Å². The van der Waals surface area contributed by atoms with Gasteiger partial charge in [-0.25, -0.2) is 9.78 Å². The number of carbonyl (C=O) groups excluding carboxylic acids is 1. The van der Waals surface area contributed by atoms with Gasteiger partial charge in [-0.1, -0.05) is 36.8 Å². The normalized spacial score (nSPS) is 18.3. The largest absolute Gasteiger partial charge is 0.456 e. The monoisotopic (exact) mass is 311 g/mol. The fraction of sp³-hybridized carbons (Fsp3) is 0.444. The lowest BCUT2D eigenvalue weighted by atomic mass is 9.91. The molecule has 2 aromatic rings. The topological polar surface area (TPSA) is 47.4 Å². The minimum absolute atomic E-state index is 0.288. The number of carbonyl (C=O) groups is 1. The third-order valence-electron chi connectivity index (χ3n) is 4.84. The Balaban J connectivity index is 1.40. The molecule has 0 unspecified atom stereocenters. The van der Waals surface area contributed by atoms with E-state index in [-0.39, 0.29) is 12.6 Å². The van der Waals surface area contributed by atoms with Crippen molar-refractivity contribution in [3.63, 3.8) is 0 Å². The van der Waals surface area contributed by atoms with E-state index in [2.05, 4.69) is 14.5 Å². The van der Waals surface area contributed by atoms with Gasteiger partial charge in [0.1, 0.15) is 12.4 Å². The Kier molecular flexibility index (Phi) is 3.87. The maximum Gasteiger partial charge on any atom is 0.358 e. The molecule has 1 aromatic carbocycles. The van der Waals surface area contributed by atoms with Crippen LogP contribution in [0.25, 0.3) is 0 Å². The van der Waals surface area contributed by atoms with Crippen LogP contribution in [-0.2, 0) is 24.4 Å². The molecule has 1 fully saturated rings. The zero-order valence-corrected chi connectivity index (χ0v) is 13.1.